The second kappa shape index (κ2) is 8.45. The van der Waals surface area contributed by atoms with E-state index in [4.69, 9.17) is 28.2 Å². The Morgan fingerprint density at radius 1 is 1.18 bits per heavy atom. The number of pyridine rings is 2. The number of aromatic nitrogens is 6. The van der Waals surface area contributed by atoms with Gasteiger partial charge in [-0.25, -0.2) is 9.97 Å². The molecule has 0 radical (unpaired) electrons. The lowest BCUT2D eigenvalue weighted by atomic mass is 10.1. The maximum absolute atomic E-state index is 12.7. The van der Waals surface area contributed by atoms with E-state index in [1.807, 2.05) is 22.9 Å². The zero-order valence-corrected chi connectivity index (χ0v) is 19.7. The molecule has 1 aliphatic rings. The molecule has 6 rings (SSSR count). The predicted octanol–water partition coefficient (Wildman–Crippen LogP) is 4.43. The minimum atomic E-state index is -0.220. The van der Waals surface area contributed by atoms with Crippen LogP contribution in [0.4, 0.5) is 0 Å². The molecule has 5 heterocycles. The van der Waals surface area contributed by atoms with Crippen LogP contribution in [0.25, 0.3) is 11.2 Å². The molecule has 0 unspecified atom stereocenters. The zero-order chi connectivity index (χ0) is 23.2. The van der Waals surface area contributed by atoms with Gasteiger partial charge in [0.15, 0.2) is 0 Å². The molecule has 10 heteroatoms. The molecule has 1 N–H and O–H groups in total. The Morgan fingerprint density at radius 3 is 2.88 bits per heavy atom. The molecule has 5 aromatic rings. The highest BCUT2D eigenvalue weighted by molar-refractivity contribution is 6.30. The fraction of sp³-hybridized carbons (Fsp3) is 0.250. The van der Waals surface area contributed by atoms with Crippen molar-refractivity contribution in [1.29, 1.82) is 0 Å². The summed E-state index contributed by atoms with van der Waals surface area (Å²) < 4.78 is 5.63. The van der Waals surface area contributed by atoms with Gasteiger partial charge in [0.25, 0.3) is 5.91 Å². The fourth-order valence-electron chi connectivity index (χ4n) is 4.21. The first kappa shape index (κ1) is 21.2. The van der Waals surface area contributed by atoms with Crippen molar-refractivity contribution in [1.82, 2.24) is 33.9 Å². The second-order valence-electron chi connectivity index (χ2n) is 8.61. The Hall–Kier alpha value is -3.36. The minimum Gasteiger partial charge on any atom is -0.346 e. The number of carbonyl (C=O) groups is 1. The van der Waals surface area contributed by atoms with Crippen LogP contribution < -0.4 is 5.32 Å². The van der Waals surface area contributed by atoms with E-state index < -0.39 is 0 Å². The maximum atomic E-state index is 12.7. The molecule has 1 fully saturated rings. The third kappa shape index (κ3) is 4.03. The average Bonchev–Trinajstić information content (AvgIpc) is 3.25. The highest BCUT2D eigenvalue weighted by Crippen LogP contribution is 2.40. The van der Waals surface area contributed by atoms with Gasteiger partial charge in [-0.3, -0.25) is 9.48 Å². The van der Waals surface area contributed by atoms with Gasteiger partial charge >= 0.3 is 0 Å². The summed E-state index contributed by atoms with van der Waals surface area (Å²) in [5.74, 6) is 0.842. The summed E-state index contributed by atoms with van der Waals surface area (Å²) in [7, 11) is 0. The predicted molar refractivity (Wildman–Crippen MR) is 129 cm³/mol. The van der Waals surface area contributed by atoms with Crippen molar-refractivity contribution in [2.75, 3.05) is 0 Å². The number of hydrogen-bond donors (Lipinski definition) is 1. The number of nitrogens with one attached hydrogen (secondary N) is 1. The van der Waals surface area contributed by atoms with Crippen molar-refractivity contribution >= 4 is 40.3 Å². The van der Waals surface area contributed by atoms with Crippen LogP contribution in [0.3, 0.4) is 0 Å². The summed E-state index contributed by atoms with van der Waals surface area (Å²) >= 11 is 12.3. The van der Waals surface area contributed by atoms with Crippen LogP contribution in [0.2, 0.25) is 5.02 Å². The molecule has 0 atom stereocenters. The van der Waals surface area contributed by atoms with Crippen LogP contribution in [-0.2, 0) is 19.0 Å². The summed E-state index contributed by atoms with van der Waals surface area (Å²) in [5, 5.41) is 7.88. The van der Waals surface area contributed by atoms with Gasteiger partial charge in [0.1, 0.15) is 5.65 Å². The van der Waals surface area contributed by atoms with Crippen LogP contribution in [0.1, 0.15) is 51.6 Å². The van der Waals surface area contributed by atoms with Gasteiger partial charge in [-0.05, 0) is 42.5 Å². The highest BCUT2D eigenvalue weighted by Gasteiger charge is 2.25. The van der Waals surface area contributed by atoms with E-state index in [0.29, 0.717) is 28.9 Å². The first-order chi connectivity index (χ1) is 16.6. The van der Waals surface area contributed by atoms with Gasteiger partial charge in [-0.2, -0.15) is 5.10 Å². The van der Waals surface area contributed by atoms with E-state index in [1.165, 1.54) is 18.4 Å². The molecular formula is C24H21Cl2N7O. The van der Waals surface area contributed by atoms with Crippen molar-refractivity contribution in [2.24, 2.45) is 0 Å². The molecule has 34 heavy (non-hydrogen) atoms. The van der Waals surface area contributed by atoms with Crippen LogP contribution in [0, 0.1) is 0 Å². The maximum Gasteiger partial charge on any atom is 0.254 e. The van der Waals surface area contributed by atoms with Crippen LogP contribution in [0.5, 0.6) is 0 Å². The number of fused-ring (bicyclic) bond motifs is 2. The van der Waals surface area contributed by atoms with Gasteiger partial charge in [-0.15, -0.1) is 11.6 Å². The van der Waals surface area contributed by atoms with Crippen molar-refractivity contribution < 1.29 is 4.79 Å². The molecule has 172 valence electrons. The largest absolute Gasteiger partial charge is 0.346 e. The summed E-state index contributed by atoms with van der Waals surface area (Å²) in [6.07, 6.45) is 13.4. The molecule has 0 bridgehead atoms. The molecule has 0 aromatic carbocycles. The Kier molecular flexibility index (Phi) is 5.27. The van der Waals surface area contributed by atoms with E-state index in [1.54, 1.807) is 29.5 Å². The number of amides is 1. The SMILES string of the molecule is O=C(NCc1ncn2ccc(Cl)cc12)c1cnn(Cc2cn3cc(C4CC4)cc(CCl)c3n2)c1. The van der Waals surface area contributed by atoms with Crippen LogP contribution in [0.15, 0.2) is 55.5 Å². The molecule has 8 nitrogen and oxygen atoms in total. The minimum absolute atomic E-state index is 0.220. The topological polar surface area (TPSA) is 81.5 Å². The third-order valence-corrected chi connectivity index (χ3v) is 6.63. The normalized spacial score (nSPS) is 13.7. The van der Waals surface area contributed by atoms with Gasteiger partial charge in [0.05, 0.1) is 54.0 Å². The number of carbonyl (C=O) groups excluding carboxylic acids is 1. The molecule has 1 saturated carbocycles. The van der Waals surface area contributed by atoms with Crippen molar-refractivity contribution in [2.45, 2.75) is 37.7 Å². The average molecular weight is 494 g/mol. The summed E-state index contributed by atoms with van der Waals surface area (Å²) in [4.78, 5) is 21.8. The van der Waals surface area contributed by atoms with E-state index in [9.17, 15) is 4.79 Å². The lowest BCUT2D eigenvalue weighted by Gasteiger charge is -2.04. The summed E-state index contributed by atoms with van der Waals surface area (Å²) in [6.45, 7) is 0.747. The second-order valence-corrected chi connectivity index (χ2v) is 9.31. The van der Waals surface area contributed by atoms with Gasteiger partial charge in [-0.1, -0.05) is 11.6 Å². The number of hydrogen-bond acceptors (Lipinski definition) is 4. The Morgan fingerprint density at radius 2 is 2.06 bits per heavy atom. The lowest BCUT2D eigenvalue weighted by Crippen LogP contribution is -2.22. The van der Waals surface area contributed by atoms with E-state index in [0.717, 1.165) is 28.1 Å². The Balaban J connectivity index is 1.16. The number of rotatable bonds is 7. The molecule has 1 aliphatic carbocycles. The third-order valence-electron chi connectivity index (χ3n) is 6.11. The standard InChI is InChI=1S/C24H21Cl2N7O/c25-7-16-5-17(15-1-2-15)10-32-12-20(30-23(16)32)13-33-11-18(8-29-33)24(34)27-9-21-22-6-19(26)3-4-31(22)14-28-21/h3-6,8,10-12,14-15H,1-2,7,9,13H2,(H,27,34). The summed E-state index contributed by atoms with van der Waals surface area (Å²) in [6, 6.07) is 5.79. The van der Waals surface area contributed by atoms with Crippen molar-refractivity contribution in [3.05, 3.63) is 88.6 Å². The Bertz CT molecular complexity index is 1530. The van der Waals surface area contributed by atoms with Gasteiger partial charge in [0.2, 0.25) is 0 Å². The van der Waals surface area contributed by atoms with Crippen LogP contribution >= 0.6 is 23.2 Å². The number of halogens is 2. The molecule has 5 aromatic heterocycles. The quantitative estimate of drug-likeness (QED) is 0.340. The number of nitrogens with zero attached hydrogens (tertiary/aromatic N) is 6. The number of alkyl halides is 1. The number of imidazole rings is 2. The molecule has 0 spiro atoms. The first-order valence-corrected chi connectivity index (χ1v) is 12.0. The van der Waals surface area contributed by atoms with E-state index in [-0.39, 0.29) is 12.5 Å². The van der Waals surface area contributed by atoms with Gasteiger partial charge < -0.3 is 14.1 Å². The lowest BCUT2D eigenvalue weighted by molar-refractivity contribution is 0.0950. The van der Waals surface area contributed by atoms with E-state index >= 15 is 0 Å². The fourth-order valence-corrected chi connectivity index (χ4v) is 4.57. The van der Waals surface area contributed by atoms with Crippen molar-refractivity contribution in [3.63, 3.8) is 0 Å². The van der Waals surface area contributed by atoms with Gasteiger partial charge in [0, 0.05) is 35.4 Å². The van der Waals surface area contributed by atoms with Crippen molar-refractivity contribution in [3.8, 4) is 0 Å². The van der Waals surface area contributed by atoms with Crippen LogP contribution in [-0.4, -0.2) is 34.5 Å². The van der Waals surface area contributed by atoms with E-state index in [2.05, 4.69) is 32.1 Å². The molecule has 1 amide bonds. The molecular weight excluding hydrogens is 473 g/mol. The highest BCUT2D eigenvalue weighted by atomic mass is 35.5. The molecule has 0 saturated heterocycles. The summed E-state index contributed by atoms with van der Waals surface area (Å²) in [5.41, 5.74) is 6.15. The monoisotopic (exact) mass is 493 g/mol. The molecule has 0 aliphatic heterocycles. The first-order valence-electron chi connectivity index (χ1n) is 11.1. The Labute approximate surface area is 205 Å². The zero-order valence-electron chi connectivity index (χ0n) is 18.2. The smallest absolute Gasteiger partial charge is 0.254 e.